The maximum atomic E-state index is 6.10. The van der Waals surface area contributed by atoms with E-state index < -0.39 is 0 Å². The summed E-state index contributed by atoms with van der Waals surface area (Å²) in [5, 5.41) is 0. The molecule has 1 saturated carbocycles. The second kappa shape index (κ2) is 4.69. The molecule has 2 nitrogen and oxygen atoms in total. The van der Waals surface area contributed by atoms with Gasteiger partial charge >= 0.3 is 0 Å². The van der Waals surface area contributed by atoms with E-state index in [1.165, 1.54) is 24.0 Å². The zero-order valence-electron chi connectivity index (χ0n) is 11.1. The van der Waals surface area contributed by atoms with Crippen LogP contribution in [0.25, 0.3) is 0 Å². The Balaban J connectivity index is 2.24. The normalized spacial score (nSPS) is 18.8. The molecule has 0 spiro atoms. The average Bonchev–Trinajstić information content (AvgIpc) is 3.10. The van der Waals surface area contributed by atoms with Crippen molar-refractivity contribution in [2.24, 2.45) is 11.1 Å². The maximum absolute atomic E-state index is 6.10. The summed E-state index contributed by atoms with van der Waals surface area (Å²) in [5.41, 5.74) is 9.13. The molecular weight excluding hydrogens is 210 g/mol. The van der Waals surface area contributed by atoms with Crippen molar-refractivity contribution in [3.63, 3.8) is 0 Å². The number of benzene rings is 1. The smallest absolute Gasteiger partial charge is 0.122 e. The molecule has 1 aliphatic rings. The minimum absolute atomic E-state index is 0.275. The highest BCUT2D eigenvalue weighted by molar-refractivity contribution is 5.39. The van der Waals surface area contributed by atoms with E-state index >= 15 is 0 Å². The van der Waals surface area contributed by atoms with Crippen LogP contribution in [0.3, 0.4) is 0 Å². The van der Waals surface area contributed by atoms with Gasteiger partial charge in [0.2, 0.25) is 0 Å². The predicted molar refractivity (Wildman–Crippen MR) is 71.4 cm³/mol. The van der Waals surface area contributed by atoms with Gasteiger partial charge in [-0.25, -0.2) is 0 Å². The van der Waals surface area contributed by atoms with Crippen LogP contribution in [0.5, 0.6) is 5.75 Å². The Morgan fingerprint density at radius 1 is 1.41 bits per heavy atom. The van der Waals surface area contributed by atoms with Gasteiger partial charge in [-0.05, 0) is 55.2 Å². The Morgan fingerprint density at radius 2 is 2.12 bits per heavy atom. The predicted octanol–water partition coefficient (Wildman–Crippen LogP) is 2.93. The molecule has 0 bridgehead atoms. The fourth-order valence-corrected chi connectivity index (χ4v) is 2.52. The van der Waals surface area contributed by atoms with Gasteiger partial charge in [-0.3, -0.25) is 0 Å². The van der Waals surface area contributed by atoms with Crippen LogP contribution in [0.15, 0.2) is 18.2 Å². The van der Waals surface area contributed by atoms with Crippen LogP contribution >= 0.6 is 0 Å². The number of ether oxygens (including phenoxy) is 1. The Hall–Kier alpha value is -1.02. The summed E-state index contributed by atoms with van der Waals surface area (Å²) in [6, 6.07) is 6.79. The fraction of sp³-hybridized carbons (Fsp3) is 0.600. The first-order valence-electron chi connectivity index (χ1n) is 6.52. The van der Waals surface area contributed by atoms with Crippen molar-refractivity contribution in [2.45, 2.75) is 45.6 Å². The second-order valence-corrected chi connectivity index (χ2v) is 5.33. The first-order valence-corrected chi connectivity index (χ1v) is 6.52. The van der Waals surface area contributed by atoms with Gasteiger partial charge in [0.15, 0.2) is 0 Å². The topological polar surface area (TPSA) is 35.2 Å². The van der Waals surface area contributed by atoms with Crippen LogP contribution < -0.4 is 10.5 Å². The molecule has 1 aliphatic carbocycles. The Morgan fingerprint density at radius 3 is 2.59 bits per heavy atom. The van der Waals surface area contributed by atoms with E-state index in [0.717, 1.165) is 18.6 Å². The second-order valence-electron chi connectivity index (χ2n) is 5.33. The first-order chi connectivity index (χ1) is 8.11. The number of nitrogens with two attached hydrogens (primary N) is 1. The summed E-state index contributed by atoms with van der Waals surface area (Å²) < 4.78 is 5.46. The molecule has 0 radical (unpaired) electrons. The molecule has 0 heterocycles. The molecule has 2 heteroatoms. The number of rotatable bonds is 5. The van der Waals surface area contributed by atoms with Crippen molar-refractivity contribution in [1.29, 1.82) is 0 Å². The molecule has 2 rings (SSSR count). The molecular formula is C15H23NO. The molecule has 1 aromatic rings. The van der Waals surface area contributed by atoms with Crippen molar-refractivity contribution in [3.05, 3.63) is 29.3 Å². The van der Waals surface area contributed by atoms with Gasteiger partial charge < -0.3 is 10.5 Å². The van der Waals surface area contributed by atoms with Gasteiger partial charge in [0.1, 0.15) is 5.75 Å². The molecule has 1 unspecified atom stereocenters. The van der Waals surface area contributed by atoms with Crippen LogP contribution in [-0.4, -0.2) is 13.2 Å². The fourth-order valence-electron chi connectivity index (χ4n) is 2.52. The zero-order valence-corrected chi connectivity index (χ0v) is 11.1. The van der Waals surface area contributed by atoms with Crippen LogP contribution in [0.2, 0.25) is 0 Å². The van der Waals surface area contributed by atoms with E-state index in [1.807, 2.05) is 0 Å². The van der Waals surface area contributed by atoms with E-state index in [-0.39, 0.29) is 6.04 Å². The lowest BCUT2D eigenvalue weighted by Crippen LogP contribution is -2.30. The highest BCUT2D eigenvalue weighted by Crippen LogP contribution is 2.51. The number of hydrogen-bond acceptors (Lipinski definition) is 2. The maximum Gasteiger partial charge on any atom is 0.122 e. The van der Waals surface area contributed by atoms with Gasteiger partial charge in [0.05, 0.1) is 7.11 Å². The van der Waals surface area contributed by atoms with Crippen LogP contribution in [0.4, 0.5) is 0 Å². The third-order valence-corrected chi connectivity index (χ3v) is 4.15. The average molecular weight is 233 g/mol. The molecule has 94 valence electrons. The van der Waals surface area contributed by atoms with E-state index in [1.54, 1.807) is 7.11 Å². The minimum Gasteiger partial charge on any atom is -0.496 e. The zero-order chi connectivity index (χ0) is 12.5. The summed E-state index contributed by atoms with van der Waals surface area (Å²) in [5.74, 6) is 1.01. The SMILES string of the molecule is CCc1ccc(OC)c(CC2(C(C)N)CC2)c1. The molecule has 0 aromatic heterocycles. The molecule has 0 aliphatic heterocycles. The highest BCUT2D eigenvalue weighted by Gasteiger charge is 2.46. The molecule has 1 aromatic carbocycles. The Labute approximate surface area is 104 Å². The van der Waals surface area contributed by atoms with E-state index in [2.05, 4.69) is 32.0 Å². The van der Waals surface area contributed by atoms with Gasteiger partial charge in [-0.15, -0.1) is 0 Å². The molecule has 17 heavy (non-hydrogen) atoms. The van der Waals surface area contributed by atoms with Crippen molar-refractivity contribution in [1.82, 2.24) is 0 Å². The largest absolute Gasteiger partial charge is 0.496 e. The van der Waals surface area contributed by atoms with E-state index in [9.17, 15) is 0 Å². The van der Waals surface area contributed by atoms with Crippen molar-refractivity contribution in [3.8, 4) is 5.75 Å². The highest BCUT2D eigenvalue weighted by atomic mass is 16.5. The van der Waals surface area contributed by atoms with Crippen LogP contribution in [-0.2, 0) is 12.8 Å². The van der Waals surface area contributed by atoms with Gasteiger partial charge in [-0.1, -0.05) is 19.1 Å². The molecule has 2 N–H and O–H groups in total. The van der Waals surface area contributed by atoms with Crippen molar-refractivity contribution >= 4 is 0 Å². The van der Waals surface area contributed by atoms with Crippen LogP contribution in [0, 0.1) is 5.41 Å². The molecule has 1 atom stereocenters. The quantitative estimate of drug-likeness (QED) is 0.848. The molecule has 1 fully saturated rings. The standard InChI is InChI=1S/C15H23NO/c1-4-12-5-6-14(17-3)13(9-12)10-15(7-8-15)11(2)16/h5-6,9,11H,4,7-8,10,16H2,1-3H3. The summed E-state index contributed by atoms with van der Waals surface area (Å²) in [6.45, 7) is 4.31. The molecule has 0 amide bonds. The van der Waals surface area contributed by atoms with E-state index in [0.29, 0.717) is 5.41 Å². The third kappa shape index (κ3) is 2.47. The van der Waals surface area contributed by atoms with Gasteiger partial charge in [0.25, 0.3) is 0 Å². The first kappa shape index (κ1) is 12.4. The summed E-state index contributed by atoms with van der Waals surface area (Å²) in [7, 11) is 1.75. The minimum atomic E-state index is 0.275. The molecule has 0 saturated heterocycles. The Bertz CT molecular complexity index is 394. The lowest BCUT2D eigenvalue weighted by Gasteiger charge is -2.21. The van der Waals surface area contributed by atoms with Crippen molar-refractivity contribution in [2.75, 3.05) is 7.11 Å². The number of methoxy groups -OCH3 is 1. The summed E-state index contributed by atoms with van der Waals surface area (Å²) in [4.78, 5) is 0. The summed E-state index contributed by atoms with van der Waals surface area (Å²) in [6.07, 6.45) is 4.64. The van der Waals surface area contributed by atoms with Gasteiger partial charge in [0, 0.05) is 6.04 Å². The Kier molecular flexibility index (Phi) is 3.43. The lowest BCUT2D eigenvalue weighted by molar-refractivity contribution is 0.385. The lowest BCUT2D eigenvalue weighted by atomic mass is 9.89. The number of hydrogen-bond donors (Lipinski definition) is 1. The monoisotopic (exact) mass is 233 g/mol. The van der Waals surface area contributed by atoms with Crippen LogP contribution in [0.1, 0.15) is 37.8 Å². The van der Waals surface area contributed by atoms with E-state index in [4.69, 9.17) is 10.5 Å². The third-order valence-electron chi connectivity index (χ3n) is 4.15. The number of aryl methyl sites for hydroxylation is 1. The van der Waals surface area contributed by atoms with Crippen molar-refractivity contribution < 1.29 is 4.74 Å². The summed E-state index contributed by atoms with van der Waals surface area (Å²) >= 11 is 0. The van der Waals surface area contributed by atoms with Gasteiger partial charge in [-0.2, -0.15) is 0 Å².